The number of carbonyl (C=O) groups is 2. The zero-order valence-electron chi connectivity index (χ0n) is 18.2. The molecule has 1 heterocycles. The number of amides is 2. The molecule has 1 aromatic heterocycles. The fourth-order valence-corrected chi connectivity index (χ4v) is 3.80. The molecule has 0 aliphatic heterocycles. The third-order valence-electron chi connectivity index (χ3n) is 5.77. The number of fused-ring (bicyclic) bond motifs is 1. The van der Waals surface area contributed by atoms with Crippen LogP contribution in [0.3, 0.4) is 0 Å². The van der Waals surface area contributed by atoms with E-state index >= 15 is 0 Å². The van der Waals surface area contributed by atoms with Crippen LogP contribution in [-0.2, 0) is 11.3 Å². The van der Waals surface area contributed by atoms with Crippen LogP contribution in [0.2, 0.25) is 0 Å². The minimum Gasteiger partial charge on any atom is -0.348 e. The van der Waals surface area contributed by atoms with E-state index in [1.54, 1.807) is 36.4 Å². The van der Waals surface area contributed by atoms with E-state index in [0.29, 0.717) is 27.8 Å². The lowest BCUT2D eigenvalue weighted by atomic mass is 10.1. The molecule has 0 radical (unpaired) electrons. The van der Waals surface area contributed by atoms with Crippen molar-refractivity contribution < 1.29 is 9.59 Å². The predicted molar refractivity (Wildman–Crippen MR) is 129 cm³/mol. The van der Waals surface area contributed by atoms with Gasteiger partial charge in [0.2, 0.25) is 5.91 Å². The highest BCUT2D eigenvalue weighted by Gasteiger charge is 2.29. The van der Waals surface area contributed by atoms with E-state index in [9.17, 15) is 19.2 Å². The van der Waals surface area contributed by atoms with Gasteiger partial charge in [-0.1, -0.05) is 30.3 Å². The second-order valence-corrected chi connectivity index (χ2v) is 8.31. The standard InChI is InChI=1S/C26H22N4O4/c31-23(27-15-16-5-4-6-19(13-16)28-24(32)17-9-10-17)18-11-12-21-22(14-18)29-26(34)30(25(21)33)20-7-2-1-3-8-20/h1-8,11-14,17H,9-10,15H2,(H,27,31)(H,28,32)(H,29,34). The summed E-state index contributed by atoms with van der Waals surface area (Å²) in [4.78, 5) is 52.9. The molecule has 1 aliphatic carbocycles. The van der Waals surface area contributed by atoms with Gasteiger partial charge in [-0.3, -0.25) is 14.4 Å². The molecule has 170 valence electrons. The number of aromatic amines is 1. The van der Waals surface area contributed by atoms with Gasteiger partial charge in [-0.15, -0.1) is 0 Å². The van der Waals surface area contributed by atoms with Crippen LogP contribution >= 0.6 is 0 Å². The van der Waals surface area contributed by atoms with Crippen LogP contribution in [0.25, 0.3) is 16.6 Å². The summed E-state index contributed by atoms with van der Waals surface area (Å²) in [5.74, 6) is -0.209. The molecule has 4 aromatic rings. The van der Waals surface area contributed by atoms with Gasteiger partial charge in [-0.25, -0.2) is 9.36 Å². The highest BCUT2D eigenvalue weighted by atomic mass is 16.2. The van der Waals surface area contributed by atoms with Crippen molar-refractivity contribution >= 4 is 28.4 Å². The first-order chi connectivity index (χ1) is 16.5. The number of hydrogen-bond donors (Lipinski definition) is 3. The van der Waals surface area contributed by atoms with Crippen LogP contribution in [0.5, 0.6) is 0 Å². The number of anilines is 1. The number of carbonyl (C=O) groups excluding carboxylic acids is 2. The van der Waals surface area contributed by atoms with Gasteiger partial charge >= 0.3 is 5.69 Å². The molecule has 0 atom stereocenters. The van der Waals surface area contributed by atoms with E-state index in [1.165, 1.54) is 12.1 Å². The van der Waals surface area contributed by atoms with E-state index in [2.05, 4.69) is 15.6 Å². The average Bonchev–Trinajstić information content (AvgIpc) is 3.69. The molecule has 0 unspecified atom stereocenters. The Labute approximate surface area is 194 Å². The van der Waals surface area contributed by atoms with Gasteiger partial charge in [0.25, 0.3) is 11.5 Å². The maximum absolute atomic E-state index is 12.9. The fraction of sp³-hybridized carbons (Fsp3) is 0.154. The summed E-state index contributed by atoms with van der Waals surface area (Å²) in [6.45, 7) is 0.260. The van der Waals surface area contributed by atoms with Crippen LogP contribution in [-0.4, -0.2) is 21.4 Å². The van der Waals surface area contributed by atoms with E-state index in [-0.39, 0.29) is 24.3 Å². The van der Waals surface area contributed by atoms with Crippen molar-refractivity contribution in [2.75, 3.05) is 5.32 Å². The summed E-state index contributed by atoms with van der Waals surface area (Å²) in [6.07, 6.45) is 1.86. The van der Waals surface area contributed by atoms with E-state index in [4.69, 9.17) is 0 Å². The van der Waals surface area contributed by atoms with Gasteiger partial charge < -0.3 is 15.6 Å². The first-order valence-corrected chi connectivity index (χ1v) is 11.0. The van der Waals surface area contributed by atoms with Gasteiger partial charge in [0.1, 0.15) is 0 Å². The minimum absolute atomic E-state index is 0.0256. The third kappa shape index (κ3) is 4.38. The minimum atomic E-state index is -0.577. The number of para-hydroxylation sites is 1. The Kier molecular flexibility index (Phi) is 5.55. The second-order valence-electron chi connectivity index (χ2n) is 8.31. The molecule has 34 heavy (non-hydrogen) atoms. The molecule has 1 aliphatic rings. The Hall–Kier alpha value is -4.46. The smallest absolute Gasteiger partial charge is 0.333 e. The lowest BCUT2D eigenvalue weighted by Crippen LogP contribution is -2.33. The SMILES string of the molecule is O=C(NCc1cccc(NC(=O)C2CC2)c1)c1ccc2c(=O)n(-c3ccccc3)c(=O)[nH]c2c1. The molecular weight excluding hydrogens is 432 g/mol. The molecule has 0 bridgehead atoms. The topological polar surface area (TPSA) is 113 Å². The average molecular weight is 454 g/mol. The van der Waals surface area contributed by atoms with Crippen LogP contribution < -0.4 is 21.9 Å². The molecule has 1 saturated carbocycles. The third-order valence-corrected chi connectivity index (χ3v) is 5.77. The number of hydrogen-bond acceptors (Lipinski definition) is 4. The van der Waals surface area contributed by atoms with Crippen molar-refractivity contribution in [2.45, 2.75) is 19.4 Å². The lowest BCUT2D eigenvalue weighted by molar-refractivity contribution is -0.117. The van der Waals surface area contributed by atoms with Crippen molar-refractivity contribution in [3.63, 3.8) is 0 Å². The predicted octanol–water partition coefficient (Wildman–Crippen LogP) is 2.96. The van der Waals surface area contributed by atoms with E-state index in [1.807, 2.05) is 24.3 Å². The number of nitrogens with one attached hydrogen (secondary N) is 3. The fourth-order valence-electron chi connectivity index (χ4n) is 3.80. The molecule has 0 spiro atoms. The van der Waals surface area contributed by atoms with Crippen molar-refractivity contribution in [1.29, 1.82) is 0 Å². The lowest BCUT2D eigenvalue weighted by Gasteiger charge is -2.10. The van der Waals surface area contributed by atoms with Crippen molar-refractivity contribution in [3.8, 4) is 5.69 Å². The monoisotopic (exact) mass is 454 g/mol. The molecule has 3 N–H and O–H groups in total. The van der Waals surface area contributed by atoms with Crippen LogP contribution in [0.1, 0.15) is 28.8 Å². The van der Waals surface area contributed by atoms with Gasteiger partial charge in [0.05, 0.1) is 16.6 Å². The normalized spacial score (nSPS) is 12.9. The zero-order chi connectivity index (χ0) is 23.7. The van der Waals surface area contributed by atoms with Crippen LogP contribution in [0, 0.1) is 5.92 Å². The van der Waals surface area contributed by atoms with Crippen LogP contribution in [0.15, 0.2) is 82.4 Å². The molecule has 8 nitrogen and oxygen atoms in total. The maximum Gasteiger partial charge on any atom is 0.333 e. The number of H-pyrrole nitrogens is 1. The summed E-state index contributed by atoms with van der Waals surface area (Å²) in [6, 6.07) is 20.6. The quantitative estimate of drug-likeness (QED) is 0.416. The summed E-state index contributed by atoms with van der Waals surface area (Å²) >= 11 is 0. The van der Waals surface area contributed by atoms with Crippen molar-refractivity contribution in [3.05, 3.63) is 105 Å². The zero-order valence-corrected chi connectivity index (χ0v) is 18.2. The number of aromatic nitrogens is 2. The Balaban J connectivity index is 1.33. The Morgan fingerprint density at radius 1 is 0.941 bits per heavy atom. The van der Waals surface area contributed by atoms with E-state index < -0.39 is 11.2 Å². The van der Waals surface area contributed by atoms with Crippen LogP contribution in [0.4, 0.5) is 5.69 Å². The Morgan fingerprint density at radius 3 is 2.50 bits per heavy atom. The van der Waals surface area contributed by atoms with Gasteiger partial charge in [0, 0.05) is 23.7 Å². The van der Waals surface area contributed by atoms with Gasteiger partial charge in [-0.05, 0) is 60.9 Å². The first-order valence-electron chi connectivity index (χ1n) is 11.0. The van der Waals surface area contributed by atoms with E-state index in [0.717, 1.165) is 23.0 Å². The molecule has 5 rings (SSSR count). The molecule has 1 fully saturated rings. The highest BCUT2D eigenvalue weighted by Crippen LogP contribution is 2.30. The number of nitrogens with zero attached hydrogens (tertiary/aromatic N) is 1. The van der Waals surface area contributed by atoms with Gasteiger partial charge in [0.15, 0.2) is 0 Å². The van der Waals surface area contributed by atoms with Crippen molar-refractivity contribution in [1.82, 2.24) is 14.9 Å². The largest absolute Gasteiger partial charge is 0.348 e. The number of benzene rings is 3. The summed E-state index contributed by atoms with van der Waals surface area (Å²) < 4.78 is 1.07. The Bertz CT molecular complexity index is 1520. The Morgan fingerprint density at radius 2 is 1.74 bits per heavy atom. The van der Waals surface area contributed by atoms with Gasteiger partial charge in [-0.2, -0.15) is 0 Å². The molecule has 2 amide bonds. The molecular formula is C26H22N4O4. The second kappa shape index (κ2) is 8.82. The summed E-state index contributed by atoms with van der Waals surface area (Å²) in [7, 11) is 0. The highest BCUT2D eigenvalue weighted by molar-refractivity contribution is 5.97. The number of rotatable bonds is 6. The summed E-state index contributed by atoms with van der Waals surface area (Å²) in [5, 5.41) is 6.03. The molecule has 8 heteroatoms. The maximum atomic E-state index is 12.9. The van der Waals surface area contributed by atoms with Crippen molar-refractivity contribution in [2.24, 2.45) is 5.92 Å². The first kappa shape index (κ1) is 21.4. The molecule has 0 saturated heterocycles. The molecule has 3 aromatic carbocycles. The summed E-state index contributed by atoms with van der Waals surface area (Å²) in [5.41, 5.74) is 1.57.